The number of fused-ring (bicyclic) bond motifs is 1. The van der Waals surface area contributed by atoms with Crippen LogP contribution in [0.25, 0.3) is 11.0 Å². The zero-order chi connectivity index (χ0) is 21.0. The van der Waals surface area contributed by atoms with E-state index in [4.69, 9.17) is 16.6 Å². The highest BCUT2D eigenvalue weighted by molar-refractivity contribution is 6.30. The van der Waals surface area contributed by atoms with E-state index in [9.17, 15) is 0 Å². The van der Waals surface area contributed by atoms with E-state index in [-0.39, 0.29) is 0 Å². The summed E-state index contributed by atoms with van der Waals surface area (Å²) in [5, 5.41) is 0.790. The second-order valence-corrected chi connectivity index (χ2v) is 10.1. The molecule has 0 radical (unpaired) electrons. The second kappa shape index (κ2) is 9.75. The Hall–Kier alpha value is -1.84. The van der Waals surface area contributed by atoms with Gasteiger partial charge >= 0.3 is 0 Å². The summed E-state index contributed by atoms with van der Waals surface area (Å²) in [6.07, 6.45) is 10.9. The number of benzene rings is 2. The van der Waals surface area contributed by atoms with Gasteiger partial charge in [0, 0.05) is 31.1 Å². The summed E-state index contributed by atoms with van der Waals surface area (Å²) in [6, 6.07) is 16.8. The Morgan fingerprint density at radius 1 is 0.903 bits per heavy atom. The molecule has 2 fully saturated rings. The Labute approximate surface area is 191 Å². The minimum atomic E-state index is 0.790. The second-order valence-electron chi connectivity index (χ2n) is 9.69. The molecule has 1 atom stereocenters. The molecular formula is C27H34ClN3. The molecule has 0 amide bonds. The van der Waals surface area contributed by atoms with E-state index >= 15 is 0 Å². The van der Waals surface area contributed by atoms with Crippen LogP contribution in [0.5, 0.6) is 0 Å². The lowest BCUT2D eigenvalue weighted by Gasteiger charge is -2.26. The average molecular weight is 436 g/mol. The molecule has 164 valence electrons. The van der Waals surface area contributed by atoms with Crippen LogP contribution in [-0.2, 0) is 13.0 Å². The van der Waals surface area contributed by atoms with Gasteiger partial charge in [-0.25, -0.2) is 4.98 Å². The molecule has 3 aromatic rings. The standard InChI is InChI=1S/C27H34ClN3/c28-24-13-10-22(11-14-24)20-31-26-9-5-4-8-25(26)29-27(31)15-12-23-16-17-30(19-23)18-21-6-2-1-3-7-21/h4-5,8-11,13-14,21,23H,1-3,6-7,12,15-20H2. The molecule has 31 heavy (non-hydrogen) atoms. The number of imidazole rings is 1. The number of hydrogen-bond donors (Lipinski definition) is 0. The van der Waals surface area contributed by atoms with Gasteiger partial charge in [-0.1, -0.05) is 55.1 Å². The van der Waals surface area contributed by atoms with Crippen molar-refractivity contribution >= 4 is 22.6 Å². The first-order valence-corrected chi connectivity index (χ1v) is 12.5. The highest BCUT2D eigenvalue weighted by Gasteiger charge is 2.26. The smallest absolute Gasteiger partial charge is 0.110 e. The molecule has 1 unspecified atom stereocenters. The molecule has 2 aliphatic rings. The number of aromatic nitrogens is 2. The van der Waals surface area contributed by atoms with Crippen LogP contribution in [-0.4, -0.2) is 34.1 Å². The molecule has 1 saturated heterocycles. The SMILES string of the molecule is Clc1ccc(Cn2c(CCC3CCN(CC4CCCCC4)C3)nc3ccccc32)cc1. The Morgan fingerprint density at radius 3 is 2.55 bits per heavy atom. The van der Waals surface area contributed by atoms with Gasteiger partial charge in [-0.3, -0.25) is 0 Å². The van der Waals surface area contributed by atoms with Crippen LogP contribution in [0.3, 0.4) is 0 Å². The van der Waals surface area contributed by atoms with Crippen molar-refractivity contribution in [3.8, 4) is 0 Å². The molecule has 0 spiro atoms. The summed E-state index contributed by atoms with van der Waals surface area (Å²) in [4.78, 5) is 7.77. The maximum Gasteiger partial charge on any atom is 0.110 e. The lowest BCUT2D eigenvalue weighted by molar-refractivity contribution is 0.227. The molecule has 1 saturated carbocycles. The summed E-state index contributed by atoms with van der Waals surface area (Å²) < 4.78 is 2.41. The van der Waals surface area contributed by atoms with Crippen molar-refractivity contribution in [2.24, 2.45) is 11.8 Å². The van der Waals surface area contributed by atoms with E-state index in [1.807, 2.05) is 12.1 Å². The molecule has 1 aliphatic heterocycles. The Kier molecular flexibility index (Phi) is 6.61. The number of rotatable bonds is 7. The predicted octanol–water partition coefficient (Wildman–Crippen LogP) is 6.57. The zero-order valence-electron chi connectivity index (χ0n) is 18.5. The first-order chi connectivity index (χ1) is 15.2. The van der Waals surface area contributed by atoms with Crippen LogP contribution < -0.4 is 0 Å². The Morgan fingerprint density at radius 2 is 1.71 bits per heavy atom. The Bertz CT molecular complexity index is 987. The third kappa shape index (κ3) is 5.15. The molecule has 1 aliphatic carbocycles. The number of likely N-dealkylation sites (tertiary alicyclic amines) is 1. The summed E-state index contributed by atoms with van der Waals surface area (Å²) in [7, 11) is 0. The van der Waals surface area contributed by atoms with Gasteiger partial charge in [0.05, 0.1) is 11.0 Å². The fourth-order valence-corrected chi connectivity index (χ4v) is 5.77. The predicted molar refractivity (Wildman–Crippen MR) is 130 cm³/mol. The van der Waals surface area contributed by atoms with Crippen LogP contribution in [0.1, 0.15) is 56.3 Å². The van der Waals surface area contributed by atoms with Gasteiger partial charge in [0.25, 0.3) is 0 Å². The van der Waals surface area contributed by atoms with Crippen molar-refractivity contribution in [1.29, 1.82) is 0 Å². The molecular weight excluding hydrogens is 402 g/mol. The van der Waals surface area contributed by atoms with Crippen LogP contribution >= 0.6 is 11.6 Å². The minimum Gasteiger partial charge on any atom is -0.323 e. The van der Waals surface area contributed by atoms with Crippen LogP contribution in [0.2, 0.25) is 5.02 Å². The fraction of sp³-hybridized carbons (Fsp3) is 0.519. The monoisotopic (exact) mass is 435 g/mol. The number of nitrogens with zero attached hydrogens (tertiary/aromatic N) is 3. The van der Waals surface area contributed by atoms with Gasteiger partial charge in [-0.15, -0.1) is 0 Å². The highest BCUT2D eigenvalue weighted by Crippen LogP contribution is 2.28. The first kappa shape index (κ1) is 21.0. The molecule has 2 heterocycles. The van der Waals surface area contributed by atoms with E-state index in [0.29, 0.717) is 0 Å². The van der Waals surface area contributed by atoms with E-state index in [2.05, 4.69) is 45.9 Å². The van der Waals surface area contributed by atoms with Gasteiger partial charge in [-0.05, 0) is 73.9 Å². The Balaban J connectivity index is 1.24. The third-order valence-electron chi connectivity index (χ3n) is 7.37. The van der Waals surface area contributed by atoms with Gasteiger partial charge in [0.15, 0.2) is 0 Å². The maximum atomic E-state index is 6.09. The lowest BCUT2D eigenvalue weighted by Crippen LogP contribution is -2.28. The molecule has 0 N–H and O–H groups in total. The largest absolute Gasteiger partial charge is 0.323 e. The minimum absolute atomic E-state index is 0.790. The summed E-state index contributed by atoms with van der Waals surface area (Å²) in [5.74, 6) is 2.99. The van der Waals surface area contributed by atoms with E-state index in [0.717, 1.165) is 35.3 Å². The summed E-state index contributed by atoms with van der Waals surface area (Å²) >= 11 is 6.09. The topological polar surface area (TPSA) is 21.1 Å². The van der Waals surface area contributed by atoms with Gasteiger partial charge < -0.3 is 9.47 Å². The normalized spacial score (nSPS) is 20.6. The van der Waals surface area contributed by atoms with Crippen molar-refractivity contribution in [3.63, 3.8) is 0 Å². The molecule has 5 rings (SSSR count). The maximum absolute atomic E-state index is 6.09. The van der Waals surface area contributed by atoms with Crippen molar-refractivity contribution in [1.82, 2.24) is 14.5 Å². The van der Waals surface area contributed by atoms with E-state index in [1.54, 1.807) is 0 Å². The highest BCUT2D eigenvalue weighted by atomic mass is 35.5. The molecule has 1 aromatic heterocycles. The van der Waals surface area contributed by atoms with Gasteiger partial charge in [-0.2, -0.15) is 0 Å². The van der Waals surface area contributed by atoms with E-state index < -0.39 is 0 Å². The van der Waals surface area contributed by atoms with Crippen LogP contribution in [0, 0.1) is 11.8 Å². The quantitative estimate of drug-likeness (QED) is 0.418. The zero-order valence-corrected chi connectivity index (χ0v) is 19.2. The molecule has 2 aromatic carbocycles. The van der Waals surface area contributed by atoms with Crippen molar-refractivity contribution in [3.05, 3.63) is 64.9 Å². The first-order valence-electron chi connectivity index (χ1n) is 12.2. The third-order valence-corrected chi connectivity index (χ3v) is 7.63. The lowest BCUT2D eigenvalue weighted by atomic mass is 9.89. The fourth-order valence-electron chi connectivity index (χ4n) is 5.65. The van der Waals surface area contributed by atoms with Crippen molar-refractivity contribution < 1.29 is 0 Å². The molecule has 0 bridgehead atoms. The van der Waals surface area contributed by atoms with Gasteiger partial charge in [0.1, 0.15) is 5.82 Å². The van der Waals surface area contributed by atoms with Crippen molar-refractivity contribution in [2.45, 2.75) is 57.9 Å². The molecule has 4 heteroatoms. The molecule has 3 nitrogen and oxygen atoms in total. The van der Waals surface area contributed by atoms with Gasteiger partial charge in [0.2, 0.25) is 0 Å². The van der Waals surface area contributed by atoms with Crippen LogP contribution in [0.15, 0.2) is 48.5 Å². The summed E-state index contributed by atoms with van der Waals surface area (Å²) in [6.45, 7) is 4.77. The number of aryl methyl sites for hydroxylation is 1. The number of halogens is 1. The van der Waals surface area contributed by atoms with Crippen LogP contribution in [0.4, 0.5) is 0 Å². The summed E-state index contributed by atoms with van der Waals surface area (Å²) in [5.41, 5.74) is 3.61. The number of para-hydroxylation sites is 2. The van der Waals surface area contributed by atoms with E-state index in [1.165, 1.54) is 81.5 Å². The number of hydrogen-bond acceptors (Lipinski definition) is 2. The average Bonchev–Trinajstić information content (AvgIpc) is 3.39. The van der Waals surface area contributed by atoms with Crippen molar-refractivity contribution in [2.75, 3.05) is 19.6 Å².